The molecule has 1 aromatic rings. The third-order valence-corrected chi connectivity index (χ3v) is 3.87. The van der Waals surface area contributed by atoms with Crippen molar-refractivity contribution in [2.75, 3.05) is 11.4 Å². The normalized spacial score (nSPS) is 17.0. The van der Waals surface area contributed by atoms with Gasteiger partial charge in [-0.1, -0.05) is 39.0 Å². The fourth-order valence-corrected chi connectivity index (χ4v) is 2.68. The van der Waals surface area contributed by atoms with Crippen molar-refractivity contribution in [3.63, 3.8) is 0 Å². The Labute approximate surface area is 126 Å². The molecule has 0 unspecified atom stereocenters. The molecule has 0 fully saturated rings. The SMILES string of the molecule is CCC(=O)N1c2ccccc2C[C@@H]1C(=O)NCCC(C)C. The number of nitrogens with zero attached hydrogens (tertiary/aromatic N) is 1. The van der Waals surface area contributed by atoms with Crippen molar-refractivity contribution in [2.24, 2.45) is 5.92 Å². The van der Waals surface area contributed by atoms with E-state index >= 15 is 0 Å². The lowest BCUT2D eigenvalue weighted by Gasteiger charge is -2.24. The largest absolute Gasteiger partial charge is 0.354 e. The van der Waals surface area contributed by atoms with E-state index in [1.54, 1.807) is 4.90 Å². The van der Waals surface area contributed by atoms with Gasteiger partial charge in [0.2, 0.25) is 11.8 Å². The Kier molecular flexibility index (Phi) is 4.99. The second-order valence-electron chi connectivity index (χ2n) is 5.94. The van der Waals surface area contributed by atoms with Crippen LogP contribution in [0.4, 0.5) is 5.69 Å². The summed E-state index contributed by atoms with van der Waals surface area (Å²) in [4.78, 5) is 26.3. The minimum Gasteiger partial charge on any atom is -0.354 e. The van der Waals surface area contributed by atoms with E-state index in [1.807, 2.05) is 31.2 Å². The molecule has 1 atom stereocenters. The third kappa shape index (κ3) is 3.43. The number of amides is 2. The number of hydrogen-bond donors (Lipinski definition) is 1. The van der Waals surface area contributed by atoms with Crippen molar-refractivity contribution in [1.29, 1.82) is 0 Å². The Morgan fingerprint density at radius 3 is 2.71 bits per heavy atom. The highest BCUT2D eigenvalue weighted by Gasteiger charge is 2.37. The summed E-state index contributed by atoms with van der Waals surface area (Å²) in [5, 5.41) is 2.97. The highest BCUT2D eigenvalue weighted by atomic mass is 16.2. The van der Waals surface area contributed by atoms with Gasteiger partial charge in [0.25, 0.3) is 0 Å². The number of hydrogen-bond acceptors (Lipinski definition) is 2. The van der Waals surface area contributed by atoms with Crippen LogP contribution in [-0.2, 0) is 16.0 Å². The number of rotatable bonds is 5. The Hall–Kier alpha value is -1.84. The van der Waals surface area contributed by atoms with E-state index in [0.29, 0.717) is 25.3 Å². The molecular formula is C17H24N2O2. The fraction of sp³-hybridized carbons (Fsp3) is 0.529. The molecule has 0 aromatic heterocycles. The number of carbonyl (C=O) groups excluding carboxylic acids is 2. The van der Waals surface area contributed by atoms with Crippen LogP contribution in [0.5, 0.6) is 0 Å². The average Bonchev–Trinajstić information content (AvgIpc) is 2.85. The highest BCUT2D eigenvalue weighted by molar-refractivity contribution is 6.03. The van der Waals surface area contributed by atoms with Gasteiger partial charge in [-0.25, -0.2) is 0 Å². The fourth-order valence-electron chi connectivity index (χ4n) is 2.68. The van der Waals surface area contributed by atoms with Gasteiger partial charge in [0.1, 0.15) is 6.04 Å². The highest BCUT2D eigenvalue weighted by Crippen LogP contribution is 2.32. The van der Waals surface area contributed by atoms with Crippen LogP contribution in [0.15, 0.2) is 24.3 Å². The van der Waals surface area contributed by atoms with Crippen LogP contribution < -0.4 is 10.2 Å². The number of fused-ring (bicyclic) bond motifs is 1. The third-order valence-electron chi connectivity index (χ3n) is 3.87. The van der Waals surface area contributed by atoms with E-state index in [4.69, 9.17) is 0 Å². The first kappa shape index (κ1) is 15.5. The summed E-state index contributed by atoms with van der Waals surface area (Å²) >= 11 is 0. The number of para-hydroxylation sites is 1. The molecule has 0 spiro atoms. The topological polar surface area (TPSA) is 49.4 Å². The molecule has 114 valence electrons. The van der Waals surface area contributed by atoms with Gasteiger partial charge in [-0.05, 0) is 24.0 Å². The van der Waals surface area contributed by atoms with Gasteiger partial charge in [0, 0.05) is 25.1 Å². The predicted octanol–water partition coefficient (Wildman–Crippen LogP) is 2.52. The summed E-state index contributed by atoms with van der Waals surface area (Å²) in [6.07, 6.45) is 1.96. The summed E-state index contributed by atoms with van der Waals surface area (Å²) in [5.74, 6) is 0.511. The standard InChI is InChI=1S/C17H24N2O2/c1-4-16(20)19-14-8-6-5-7-13(14)11-15(19)17(21)18-10-9-12(2)3/h5-8,12,15H,4,9-11H2,1-3H3,(H,18,21)/t15-/m1/s1. The lowest BCUT2D eigenvalue weighted by molar-refractivity contribution is -0.126. The molecule has 1 aromatic carbocycles. The molecule has 0 saturated heterocycles. The molecule has 1 aliphatic rings. The second-order valence-corrected chi connectivity index (χ2v) is 5.94. The minimum absolute atomic E-state index is 0.00367. The molecule has 4 nitrogen and oxygen atoms in total. The van der Waals surface area contributed by atoms with E-state index in [2.05, 4.69) is 19.2 Å². The number of anilines is 1. The number of nitrogens with one attached hydrogen (secondary N) is 1. The van der Waals surface area contributed by atoms with Gasteiger partial charge < -0.3 is 5.32 Å². The molecule has 1 aliphatic heterocycles. The summed E-state index contributed by atoms with van der Waals surface area (Å²) in [5.41, 5.74) is 1.96. The first-order valence-electron chi connectivity index (χ1n) is 7.72. The summed E-state index contributed by atoms with van der Waals surface area (Å²) in [6, 6.07) is 7.37. The molecular weight excluding hydrogens is 264 g/mol. The van der Waals surface area contributed by atoms with Crippen molar-refractivity contribution >= 4 is 17.5 Å². The van der Waals surface area contributed by atoms with E-state index in [0.717, 1.165) is 17.7 Å². The van der Waals surface area contributed by atoms with Crippen LogP contribution >= 0.6 is 0 Å². The Bertz CT molecular complexity index is 525. The van der Waals surface area contributed by atoms with Crippen molar-refractivity contribution in [1.82, 2.24) is 5.32 Å². The molecule has 0 radical (unpaired) electrons. The van der Waals surface area contributed by atoms with Gasteiger partial charge in [0.15, 0.2) is 0 Å². The summed E-state index contributed by atoms with van der Waals surface area (Å²) in [6.45, 7) is 6.75. The van der Waals surface area contributed by atoms with Crippen LogP contribution in [-0.4, -0.2) is 24.4 Å². The first-order valence-corrected chi connectivity index (χ1v) is 7.72. The molecule has 2 amide bonds. The number of carbonyl (C=O) groups is 2. The van der Waals surface area contributed by atoms with Crippen molar-refractivity contribution in [3.05, 3.63) is 29.8 Å². The Balaban J connectivity index is 2.12. The van der Waals surface area contributed by atoms with Crippen molar-refractivity contribution in [3.8, 4) is 0 Å². The van der Waals surface area contributed by atoms with Crippen molar-refractivity contribution in [2.45, 2.75) is 46.1 Å². The van der Waals surface area contributed by atoms with Crippen LogP contribution in [0.3, 0.4) is 0 Å². The summed E-state index contributed by atoms with van der Waals surface area (Å²) < 4.78 is 0. The second kappa shape index (κ2) is 6.74. The zero-order valence-electron chi connectivity index (χ0n) is 13.1. The van der Waals surface area contributed by atoms with Crippen LogP contribution in [0, 0.1) is 5.92 Å². The minimum atomic E-state index is -0.401. The molecule has 0 bridgehead atoms. The van der Waals surface area contributed by atoms with E-state index in [-0.39, 0.29) is 11.8 Å². The van der Waals surface area contributed by atoms with Gasteiger partial charge in [-0.2, -0.15) is 0 Å². The summed E-state index contributed by atoms with van der Waals surface area (Å²) in [7, 11) is 0. The molecule has 0 saturated carbocycles. The van der Waals surface area contributed by atoms with Gasteiger partial charge in [-0.15, -0.1) is 0 Å². The van der Waals surface area contributed by atoms with Crippen LogP contribution in [0.1, 0.15) is 39.2 Å². The zero-order chi connectivity index (χ0) is 15.4. The molecule has 1 N–H and O–H groups in total. The van der Waals surface area contributed by atoms with Gasteiger partial charge in [-0.3, -0.25) is 14.5 Å². The average molecular weight is 288 g/mol. The quantitative estimate of drug-likeness (QED) is 0.905. The molecule has 1 heterocycles. The molecule has 0 aliphatic carbocycles. The van der Waals surface area contributed by atoms with Crippen LogP contribution in [0.2, 0.25) is 0 Å². The molecule has 4 heteroatoms. The van der Waals surface area contributed by atoms with Crippen molar-refractivity contribution < 1.29 is 9.59 Å². The maximum atomic E-state index is 12.4. The molecule has 2 rings (SSSR count). The Morgan fingerprint density at radius 2 is 2.05 bits per heavy atom. The smallest absolute Gasteiger partial charge is 0.243 e. The first-order chi connectivity index (χ1) is 10.0. The van der Waals surface area contributed by atoms with Crippen LogP contribution in [0.25, 0.3) is 0 Å². The lowest BCUT2D eigenvalue weighted by Crippen LogP contribution is -2.48. The molecule has 21 heavy (non-hydrogen) atoms. The lowest BCUT2D eigenvalue weighted by atomic mass is 10.1. The predicted molar refractivity (Wildman–Crippen MR) is 84.2 cm³/mol. The maximum absolute atomic E-state index is 12.4. The monoisotopic (exact) mass is 288 g/mol. The van der Waals surface area contributed by atoms with Gasteiger partial charge in [0.05, 0.1) is 0 Å². The van der Waals surface area contributed by atoms with E-state index < -0.39 is 6.04 Å². The van der Waals surface area contributed by atoms with E-state index in [1.165, 1.54) is 0 Å². The Morgan fingerprint density at radius 1 is 1.33 bits per heavy atom. The van der Waals surface area contributed by atoms with E-state index in [9.17, 15) is 9.59 Å². The maximum Gasteiger partial charge on any atom is 0.243 e. The number of benzene rings is 1. The van der Waals surface area contributed by atoms with Gasteiger partial charge >= 0.3 is 0 Å². The zero-order valence-corrected chi connectivity index (χ0v) is 13.1.